The first-order valence-electron chi connectivity index (χ1n) is 12.8. The molecule has 0 aliphatic carbocycles. The van der Waals surface area contributed by atoms with Crippen LogP contribution in [0.1, 0.15) is 38.3 Å². The number of fused-ring (bicyclic) bond motifs is 1. The fourth-order valence-corrected chi connectivity index (χ4v) is 4.88. The van der Waals surface area contributed by atoms with E-state index in [1.165, 1.54) is 0 Å². The van der Waals surface area contributed by atoms with E-state index in [1.807, 2.05) is 74.5 Å². The Hall–Kier alpha value is -4.64. The van der Waals surface area contributed by atoms with Crippen molar-refractivity contribution in [1.29, 1.82) is 5.26 Å². The Bertz CT molecular complexity index is 1520. The van der Waals surface area contributed by atoms with Crippen LogP contribution in [-0.2, 0) is 4.79 Å². The molecular weight excluding hydrogens is 476 g/mol. The Morgan fingerprint density at radius 2 is 1.92 bits per heavy atom. The maximum atomic E-state index is 13.1. The number of allylic oxidation sites excluding steroid dienone is 1. The van der Waals surface area contributed by atoms with Gasteiger partial charge in [-0.05, 0) is 61.2 Å². The van der Waals surface area contributed by atoms with Gasteiger partial charge in [0.1, 0.15) is 23.1 Å². The van der Waals surface area contributed by atoms with Crippen LogP contribution < -0.4 is 10.5 Å². The minimum absolute atomic E-state index is 0.0278. The third-order valence-corrected chi connectivity index (χ3v) is 6.68. The fraction of sp³-hybridized carbons (Fsp3) is 0.267. The molecule has 5 rings (SSSR count). The molecule has 8 heteroatoms. The van der Waals surface area contributed by atoms with E-state index in [9.17, 15) is 10.1 Å². The van der Waals surface area contributed by atoms with Gasteiger partial charge in [0.15, 0.2) is 5.82 Å². The number of nitriles is 1. The molecule has 0 unspecified atom stereocenters. The number of aromatic amines is 1. The maximum Gasteiger partial charge on any atom is 0.264 e. The Morgan fingerprint density at radius 1 is 1.18 bits per heavy atom. The van der Waals surface area contributed by atoms with Gasteiger partial charge in [0, 0.05) is 30.3 Å². The average molecular weight is 507 g/mol. The van der Waals surface area contributed by atoms with Crippen molar-refractivity contribution in [3.8, 4) is 28.8 Å². The van der Waals surface area contributed by atoms with Crippen molar-refractivity contribution in [3.63, 3.8) is 0 Å². The molecule has 38 heavy (non-hydrogen) atoms. The summed E-state index contributed by atoms with van der Waals surface area (Å²) in [6, 6.07) is 21.4. The molecule has 1 aliphatic rings. The molecule has 2 aromatic heterocycles. The summed E-state index contributed by atoms with van der Waals surface area (Å²) in [7, 11) is 0. The standard InChI is InChI=1S/C30H30N6O2/c1-19(2)15-22(17-31)30(37)36-14-6-7-21(18-36)25-16-26-27(29(32)35-34-26)28(33-25)20-10-12-24(13-11-20)38-23-8-4-3-5-9-23/h3-5,8-13,15-16,19,21H,6-7,14,18H2,1-2H3,(H3,32,34,35)/b22-15+/t21-/m1/s1. The van der Waals surface area contributed by atoms with Crippen LogP contribution in [0.5, 0.6) is 11.5 Å². The number of nitrogens with two attached hydrogens (primary N) is 1. The highest BCUT2D eigenvalue weighted by atomic mass is 16.5. The average Bonchev–Trinajstić information content (AvgIpc) is 3.32. The number of nitrogen functional groups attached to an aromatic ring is 1. The van der Waals surface area contributed by atoms with Crippen molar-refractivity contribution < 1.29 is 9.53 Å². The number of piperidine rings is 1. The molecule has 0 bridgehead atoms. The largest absolute Gasteiger partial charge is 0.457 e. The summed E-state index contributed by atoms with van der Waals surface area (Å²) in [5.74, 6) is 1.80. The number of hydrogen-bond donors (Lipinski definition) is 2. The zero-order valence-corrected chi connectivity index (χ0v) is 21.5. The van der Waals surface area contributed by atoms with Crippen LogP contribution >= 0.6 is 0 Å². The summed E-state index contributed by atoms with van der Waals surface area (Å²) in [4.78, 5) is 19.9. The molecule has 3 heterocycles. The number of ether oxygens (including phenoxy) is 1. The molecule has 3 N–H and O–H groups in total. The first-order valence-corrected chi connectivity index (χ1v) is 12.8. The summed E-state index contributed by atoms with van der Waals surface area (Å²) in [6.07, 6.45) is 3.46. The van der Waals surface area contributed by atoms with Gasteiger partial charge in [-0.2, -0.15) is 10.4 Å². The molecule has 1 aliphatic heterocycles. The van der Waals surface area contributed by atoms with E-state index in [-0.39, 0.29) is 23.3 Å². The Kier molecular flexibility index (Phi) is 7.09. The first-order chi connectivity index (χ1) is 18.4. The lowest BCUT2D eigenvalue weighted by Gasteiger charge is -2.32. The van der Waals surface area contributed by atoms with Gasteiger partial charge >= 0.3 is 0 Å². The summed E-state index contributed by atoms with van der Waals surface area (Å²) < 4.78 is 5.94. The van der Waals surface area contributed by atoms with E-state index in [4.69, 9.17) is 15.5 Å². The lowest BCUT2D eigenvalue weighted by atomic mass is 9.92. The second kappa shape index (κ2) is 10.8. The van der Waals surface area contributed by atoms with Crippen LogP contribution in [0.2, 0.25) is 0 Å². The smallest absolute Gasteiger partial charge is 0.264 e. The molecule has 1 fully saturated rings. The number of anilines is 1. The minimum atomic E-state index is -0.216. The number of nitrogens with one attached hydrogen (secondary N) is 1. The second-order valence-corrected chi connectivity index (χ2v) is 9.89. The highest BCUT2D eigenvalue weighted by Crippen LogP contribution is 2.35. The summed E-state index contributed by atoms with van der Waals surface area (Å²) in [6.45, 7) is 5.05. The molecule has 1 amide bonds. The Morgan fingerprint density at radius 3 is 2.63 bits per heavy atom. The lowest BCUT2D eigenvalue weighted by Crippen LogP contribution is -2.40. The quantitative estimate of drug-likeness (QED) is 0.251. The summed E-state index contributed by atoms with van der Waals surface area (Å²) in [5, 5.41) is 17.6. The number of aromatic nitrogens is 3. The lowest BCUT2D eigenvalue weighted by molar-refractivity contribution is -0.127. The van der Waals surface area contributed by atoms with Gasteiger partial charge in [0.2, 0.25) is 0 Å². The number of likely N-dealkylation sites (tertiary alicyclic amines) is 1. The third kappa shape index (κ3) is 5.23. The molecule has 1 saturated heterocycles. The van der Waals surface area contributed by atoms with Crippen LogP contribution in [0.4, 0.5) is 5.82 Å². The van der Waals surface area contributed by atoms with Crippen molar-refractivity contribution in [2.75, 3.05) is 18.8 Å². The molecule has 192 valence electrons. The minimum Gasteiger partial charge on any atom is -0.457 e. The topological polar surface area (TPSA) is 121 Å². The van der Waals surface area contributed by atoms with Gasteiger partial charge in [0.25, 0.3) is 5.91 Å². The number of H-pyrrole nitrogens is 1. The summed E-state index contributed by atoms with van der Waals surface area (Å²) in [5.41, 5.74) is 9.71. The molecule has 0 radical (unpaired) electrons. The van der Waals surface area contributed by atoms with E-state index in [2.05, 4.69) is 16.3 Å². The number of nitrogens with zero attached hydrogens (tertiary/aromatic N) is 4. The van der Waals surface area contributed by atoms with Crippen molar-refractivity contribution in [3.05, 3.63) is 78.0 Å². The van der Waals surface area contributed by atoms with Crippen LogP contribution in [0.3, 0.4) is 0 Å². The highest BCUT2D eigenvalue weighted by molar-refractivity contribution is 6.00. The normalized spacial score (nSPS) is 16.0. The molecule has 4 aromatic rings. The fourth-order valence-electron chi connectivity index (χ4n) is 4.88. The van der Waals surface area contributed by atoms with Gasteiger partial charge in [-0.1, -0.05) is 38.1 Å². The number of para-hydroxylation sites is 1. The molecule has 0 spiro atoms. The number of hydrogen-bond acceptors (Lipinski definition) is 6. The number of pyridine rings is 1. The van der Waals surface area contributed by atoms with E-state index in [0.717, 1.165) is 52.2 Å². The van der Waals surface area contributed by atoms with E-state index in [1.54, 1.807) is 11.0 Å². The van der Waals surface area contributed by atoms with Crippen LogP contribution in [0.15, 0.2) is 72.3 Å². The number of carbonyl (C=O) groups is 1. The maximum absolute atomic E-state index is 13.1. The predicted octanol–water partition coefficient (Wildman–Crippen LogP) is 5.81. The SMILES string of the molecule is CC(C)/C=C(\C#N)C(=O)N1CCC[C@@H](c2cc3[nH]nc(N)c3c(-c3ccc(Oc4ccccc4)cc3)n2)C1. The molecule has 2 aromatic carbocycles. The monoisotopic (exact) mass is 506 g/mol. The molecule has 8 nitrogen and oxygen atoms in total. The Labute approximate surface area is 221 Å². The van der Waals surface area contributed by atoms with Crippen molar-refractivity contribution in [2.45, 2.75) is 32.6 Å². The number of carbonyl (C=O) groups excluding carboxylic acids is 1. The number of benzene rings is 2. The zero-order valence-electron chi connectivity index (χ0n) is 21.5. The Balaban J connectivity index is 1.45. The van der Waals surface area contributed by atoms with Gasteiger partial charge < -0.3 is 15.4 Å². The number of rotatable bonds is 6. The van der Waals surface area contributed by atoms with Gasteiger partial charge in [-0.25, -0.2) is 0 Å². The van der Waals surface area contributed by atoms with E-state index in [0.29, 0.717) is 18.9 Å². The van der Waals surface area contributed by atoms with Crippen molar-refractivity contribution in [1.82, 2.24) is 20.1 Å². The molecule has 0 saturated carbocycles. The third-order valence-electron chi connectivity index (χ3n) is 6.68. The van der Waals surface area contributed by atoms with Crippen LogP contribution in [0.25, 0.3) is 22.2 Å². The second-order valence-electron chi connectivity index (χ2n) is 9.89. The first kappa shape index (κ1) is 25.0. The van der Waals surface area contributed by atoms with E-state index >= 15 is 0 Å². The van der Waals surface area contributed by atoms with Crippen molar-refractivity contribution in [2.24, 2.45) is 5.92 Å². The zero-order chi connectivity index (χ0) is 26.6. The van der Waals surface area contributed by atoms with Crippen LogP contribution in [-0.4, -0.2) is 39.1 Å². The van der Waals surface area contributed by atoms with Gasteiger partial charge in [-0.3, -0.25) is 14.9 Å². The van der Waals surface area contributed by atoms with Crippen molar-refractivity contribution >= 4 is 22.6 Å². The van der Waals surface area contributed by atoms with Crippen LogP contribution in [0, 0.1) is 17.2 Å². The van der Waals surface area contributed by atoms with E-state index < -0.39 is 0 Å². The molecular formula is C30H30N6O2. The number of amides is 1. The predicted molar refractivity (Wildman–Crippen MR) is 147 cm³/mol. The van der Waals surface area contributed by atoms with Gasteiger partial charge in [0.05, 0.1) is 16.6 Å². The summed E-state index contributed by atoms with van der Waals surface area (Å²) >= 11 is 0. The molecule has 1 atom stereocenters. The highest BCUT2D eigenvalue weighted by Gasteiger charge is 2.28. The van der Waals surface area contributed by atoms with Gasteiger partial charge in [-0.15, -0.1) is 0 Å².